The number of allylic oxidation sites excluding steroid dienone is 4. The molecule has 0 aromatic heterocycles. The first-order valence-electron chi connectivity index (χ1n) is 9.65. The molecule has 3 aliphatic rings. The number of hydrogen-bond donors (Lipinski definition) is 0. The third kappa shape index (κ3) is 3.63. The Morgan fingerprint density at radius 1 is 0.857 bits per heavy atom. The summed E-state index contributed by atoms with van der Waals surface area (Å²) in [6, 6.07) is 0. The van der Waals surface area contributed by atoms with Gasteiger partial charge >= 0.3 is 0 Å². The van der Waals surface area contributed by atoms with Crippen molar-refractivity contribution in [3.05, 3.63) is 23.8 Å². The first-order chi connectivity index (χ1) is 10.3. The quantitative estimate of drug-likeness (QED) is 0.553. The second-order valence-corrected chi connectivity index (χ2v) is 8.16. The van der Waals surface area contributed by atoms with E-state index in [9.17, 15) is 0 Å². The molecule has 21 heavy (non-hydrogen) atoms. The van der Waals surface area contributed by atoms with Gasteiger partial charge in [-0.3, -0.25) is 0 Å². The monoisotopic (exact) mass is 286 g/mol. The SMILES string of the molecule is CC(C)C1C=C(C2CCCCC2)C=CC1C1CCCCC1. The van der Waals surface area contributed by atoms with Crippen LogP contribution in [0, 0.1) is 29.6 Å². The van der Waals surface area contributed by atoms with Gasteiger partial charge in [0, 0.05) is 0 Å². The maximum Gasteiger partial charge on any atom is -0.0136 e. The van der Waals surface area contributed by atoms with Gasteiger partial charge < -0.3 is 0 Å². The molecule has 2 saturated carbocycles. The van der Waals surface area contributed by atoms with Crippen molar-refractivity contribution in [3.8, 4) is 0 Å². The minimum atomic E-state index is 0.792. The predicted molar refractivity (Wildman–Crippen MR) is 92.2 cm³/mol. The summed E-state index contributed by atoms with van der Waals surface area (Å²) < 4.78 is 0. The van der Waals surface area contributed by atoms with Crippen molar-refractivity contribution in [1.82, 2.24) is 0 Å². The molecule has 0 bridgehead atoms. The molecule has 0 heterocycles. The Hall–Kier alpha value is -0.520. The van der Waals surface area contributed by atoms with Crippen molar-refractivity contribution in [2.24, 2.45) is 29.6 Å². The van der Waals surface area contributed by atoms with Crippen molar-refractivity contribution >= 4 is 0 Å². The fourth-order valence-corrected chi connectivity index (χ4v) is 5.07. The van der Waals surface area contributed by atoms with Gasteiger partial charge in [-0.15, -0.1) is 0 Å². The summed E-state index contributed by atoms with van der Waals surface area (Å²) in [7, 11) is 0. The van der Waals surface area contributed by atoms with Crippen molar-refractivity contribution in [2.75, 3.05) is 0 Å². The van der Waals surface area contributed by atoms with Gasteiger partial charge in [-0.05, 0) is 60.8 Å². The third-order valence-corrected chi connectivity index (χ3v) is 6.38. The van der Waals surface area contributed by atoms with Crippen LogP contribution < -0.4 is 0 Å². The van der Waals surface area contributed by atoms with E-state index in [-0.39, 0.29) is 0 Å². The highest BCUT2D eigenvalue weighted by molar-refractivity contribution is 5.29. The van der Waals surface area contributed by atoms with E-state index in [0.29, 0.717) is 0 Å². The Bertz CT molecular complexity index is 375. The largest absolute Gasteiger partial charge is 0.0803 e. The highest BCUT2D eigenvalue weighted by Gasteiger charge is 2.32. The molecule has 0 amide bonds. The Morgan fingerprint density at radius 2 is 1.48 bits per heavy atom. The molecule has 3 rings (SSSR count). The van der Waals surface area contributed by atoms with Gasteiger partial charge in [-0.1, -0.05) is 70.6 Å². The van der Waals surface area contributed by atoms with Gasteiger partial charge in [-0.2, -0.15) is 0 Å². The number of rotatable bonds is 3. The van der Waals surface area contributed by atoms with Crippen LogP contribution in [-0.4, -0.2) is 0 Å². The molecule has 0 saturated heterocycles. The fourth-order valence-electron chi connectivity index (χ4n) is 5.07. The summed E-state index contributed by atoms with van der Waals surface area (Å²) in [4.78, 5) is 0. The predicted octanol–water partition coefficient (Wildman–Crippen LogP) is 6.53. The third-order valence-electron chi connectivity index (χ3n) is 6.38. The lowest BCUT2D eigenvalue weighted by molar-refractivity contribution is 0.209. The molecular weight excluding hydrogens is 252 g/mol. The fraction of sp³-hybridized carbons (Fsp3) is 0.810. The van der Waals surface area contributed by atoms with Gasteiger partial charge in [0.1, 0.15) is 0 Å². The lowest BCUT2D eigenvalue weighted by atomic mass is 9.67. The topological polar surface area (TPSA) is 0 Å². The highest BCUT2D eigenvalue weighted by atomic mass is 14.4. The van der Waals surface area contributed by atoms with Crippen LogP contribution in [-0.2, 0) is 0 Å². The lowest BCUT2D eigenvalue weighted by Gasteiger charge is -2.38. The first kappa shape index (κ1) is 15.4. The molecule has 118 valence electrons. The Balaban J connectivity index is 1.73. The zero-order chi connectivity index (χ0) is 14.7. The summed E-state index contributed by atoms with van der Waals surface area (Å²) in [6.07, 6.45) is 22.5. The van der Waals surface area contributed by atoms with E-state index in [1.165, 1.54) is 64.2 Å². The van der Waals surface area contributed by atoms with Crippen molar-refractivity contribution in [1.29, 1.82) is 0 Å². The van der Waals surface area contributed by atoms with Crippen LogP contribution in [0.3, 0.4) is 0 Å². The lowest BCUT2D eigenvalue weighted by Crippen LogP contribution is -2.29. The smallest absolute Gasteiger partial charge is 0.0136 e. The molecule has 0 N–H and O–H groups in total. The summed E-state index contributed by atoms with van der Waals surface area (Å²) >= 11 is 0. The Kier molecular flexibility index (Phi) is 5.24. The van der Waals surface area contributed by atoms with E-state index in [1.807, 2.05) is 0 Å². The molecule has 2 atom stereocenters. The van der Waals surface area contributed by atoms with Gasteiger partial charge in [0.25, 0.3) is 0 Å². The summed E-state index contributed by atoms with van der Waals surface area (Å²) in [5.41, 5.74) is 1.69. The first-order valence-corrected chi connectivity index (χ1v) is 9.65. The van der Waals surface area contributed by atoms with Crippen LogP contribution in [0.25, 0.3) is 0 Å². The van der Waals surface area contributed by atoms with Crippen molar-refractivity contribution < 1.29 is 0 Å². The average molecular weight is 287 g/mol. The highest BCUT2D eigenvalue weighted by Crippen LogP contribution is 2.43. The zero-order valence-electron chi connectivity index (χ0n) is 14.2. The number of hydrogen-bond acceptors (Lipinski definition) is 0. The molecule has 0 spiro atoms. The van der Waals surface area contributed by atoms with Gasteiger partial charge in [0.2, 0.25) is 0 Å². The second kappa shape index (κ2) is 7.16. The van der Waals surface area contributed by atoms with E-state index < -0.39 is 0 Å². The van der Waals surface area contributed by atoms with E-state index in [4.69, 9.17) is 0 Å². The van der Waals surface area contributed by atoms with Crippen LogP contribution in [0.1, 0.15) is 78.1 Å². The van der Waals surface area contributed by atoms with E-state index in [1.54, 1.807) is 5.57 Å². The molecular formula is C21H34. The average Bonchev–Trinajstić information content (AvgIpc) is 2.56. The minimum Gasteiger partial charge on any atom is -0.0803 e. The zero-order valence-corrected chi connectivity index (χ0v) is 14.2. The second-order valence-electron chi connectivity index (χ2n) is 8.16. The normalized spacial score (nSPS) is 32.4. The maximum absolute atomic E-state index is 2.71. The standard InChI is InChI=1S/C21H34/c1-16(2)21-15-19(17-9-5-3-6-10-17)13-14-20(21)18-11-7-4-8-12-18/h13-18,20-21H,3-12H2,1-2H3. The molecule has 0 radical (unpaired) electrons. The minimum absolute atomic E-state index is 0.792. The van der Waals surface area contributed by atoms with Crippen LogP contribution in [0.15, 0.2) is 23.8 Å². The molecule has 0 aromatic carbocycles. The molecule has 3 aliphatic carbocycles. The molecule has 2 unspecified atom stereocenters. The summed E-state index contributed by atoms with van der Waals surface area (Å²) in [5.74, 6) is 4.27. The van der Waals surface area contributed by atoms with Crippen LogP contribution in [0.2, 0.25) is 0 Å². The molecule has 0 heteroatoms. The molecule has 0 nitrogen and oxygen atoms in total. The van der Waals surface area contributed by atoms with Gasteiger partial charge in [0.05, 0.1) is 0 Å². The Labute approximate surface area is 132 Å². The van der Waals surface area contributed by atoms with E-state index >= 15 is 0 Å². The summed E-state index contributed by atoms with van der Waals surface area (Å²) in [6.45, 7) is 4.88. The van der Waals surface area contributed by atoms with Crippen LogP contribution in [0.4, 0.5) is 0 Å². The molecule has 0 aromatic rings. The van der Waals surface area contributed by atoms with Crippen molar-refractivity contribution in [2.45, 2.75) is 78.1 Å². The van der Waals surface area contributed by atoms with Crippen LogP contribution in [0.5, 0.6) is 0 Å². The van der Waals surface area contributed by atoms with Gasteiger partial charge in [-0.25, -0.2) is 0 Å². The maximum atomic E-state index is 2.71. The molecule has 0 aliphatic heterocycles. The van der Waals surface area contributed by atoms with Gasteiger partial charge in [0.15, 0.2) is 0 Å². The Morgan fingerprint density at radius 3 is 2.10 bits per heavy atom. The molecule has 2 fully saturated rings. The van der Waals surface area contributed by atoms with Crippen LogP contribution >= 0.6 is 0 Å². The van der Waals surface area contributed by atoms with E-state index in [2.05, 4.69) is 32.1 Å². The van der Waals surface area contributed by atoms with E-state index in [0.717, 1.165) is 29.6 Å². The summed E-state index contributed by atoms with van der Waals surface area (Å²) in [5, 5.41) is 0. The van der Waals surface area contributed by atoms with Crippen molar-refractivity contribution in [3.63, 3.8) is 0 Å².